The lowest BCUT2D eigenvalue weighted by atomic mass is 10.1. The zero-order valence-electron chi connectivity index (χ0n) is 15.5. The molecular weight excluding hydrogens is 360 g/mol. The van der Waals surface area contributed by atoms with E-state index in [1.807, 2.05) is 30.3 Å². The van der Waals surface area contributed by atoms with Crippen LogP contribution in [0.1, 0.15) is 27.9 Å². The number of carboxylic acid groups (broad SMARTS) is 2. The summed E-state index contributed by atoms with van der Waals surface area (Å²) >= 11 is 0. The maximum Gasteiger partial charge on any atom is 0.335 e. The number of anilines is 1. The Morgan fingerprint density at radius 2 is 1.82 bits per heavy atom. The van der Waals surface area contributed by atoms with E-state index < -0.39 is 18.0 Å². The third kappa shape index (κ3) is 4.14. The van der Waals surface area contributed by atoms with Crippen molar-refractivity contribution in [2.75, 3.05) is 18.5 Å². The molecule has 1 aliphatic rings. The first-order valence-electron chi connectivity index (χ1n) is 9.00. The minimum absolute atomic E-state index is 0.138. The van der Waals surface area contributed by atoms with E-state index in [1.165, 1.54) is 6.07 Å². The van der Waals surface area contributed by atoms with Crippen LogP contribution in [-0.2, 0) is 22.6 Å². The second-order valence-corrected chi connectivity index (χ2v) is 6.87. The minimum Gasteiger partial charge on any atom is -0.481 e. The summed E-state index contributed by atoms with van der Waals surface area (Å²) in [6, 6.07) is 13.5. The number of carboxylic acids is 2. The molecular formula is C21H22N2O5. The molecule has 3 rings (SSSR count). The van der Waals surface area contributed by atoms with Gasteiger partial charge in [0.15, 0.2) is 0 Å². The zero-order chi connectivity index (χ0) is 20.3. The number of hydrogen-bond acceptors (Lipinski definition) is 4. The fraction of sp³-hybridized carbons (Fsp3) is 0.286. The summed E-state index contributed by atoms with van der Waals surface area (Å²) in [7, 11) is 1.67. The lowest BCUT2D eigenvalue weighted by Gasteiger charge is -2.29. The lowest BCUT2D eigenvalue weighted by Crippen LogP contribution is -2.46. The van der Waals surface area contributed by atoms with Gasteiger partial charge in [-0.25, -0.2) is 4.79 Å². The van der Waals surface area contributed by atoms with Crippen LogP contribution in [0.15, 0.2) is 48.5 Å². The van der Waals surface area contributed by atoms with Gasteiger partial charge in [-0.05, 0) is 35.7 Å². The monoisotopic (exact) mass is 382 g/mol. The third-order valence-electron chi connectivity index (χ3n) is 5.01. The maximum absolute atomic E-state index is 13.1. The summed E-state index contributed by atoms with van der Waals surface area (Å²) in [6.45, 7) is 0.659. The maximum atomic E-state index is 13.1. The standard InChI is InChI=1S/C21H22N2O5/c1-22-17-8-7-15(21(27)28)11-16(17)13-23(20(26)18(22)12-19(24)25)10-9-14-5-3-2-4-6-14/h2-8,11,18H,9-10,12-13H2,1H3,(H,24,25)(H,27,28)/t18-/m1/s1. The molecule has 0 spiro atoms. The minimum atomic E-state index is -1.06. The fourth-order valence-electron chi connectivity index (χ4n) is 3.50. The number of likely N-dealkylation sites (N-methyl/N-ethyl adjacent to an activating group) is 1. The number of hydrogen-bond donors (Lipinski definition) is 2. The van der Waals surface area contributed by atoms with Crippen molar-refractivity contribution in [2.45, 2.75) is 25.4 Å². The van der Waals surface area contributed by atoms with E-state index in [9.17, 15) is 24.6 Å². The van der Waals surface area contributed by atoms with Gasteiger partial charge in [-0.3, -0.25) is 9.59 Å². The summed E-state index contributed by atoms with van der Waals surface area (Å²) in [6.07, 6.45) is 0.307. The highest BCUT2D eigenvalue weighted by Gasteiger charge is 2.34. The van der Waals surface area contributed by atoms with Crippen LogP contribution in [0.3, 0.4) is 0 Å². The Morgan fingerprint density at radius 3 is 2.46 bits per heavy atom. The summed E-state index contributed by atoms with van der Waals surface area (Å²) in [5.41, 5.74) is 2.57. The Kier molecular flexibility index (Phi) is 5.63. The van der Waals surface area contributed by atoms with Gasteiger partial charge in [0.2, 0.25) is 5.91 Å². The predicted molar refractivity (Wildman–Crippen MR) is 103 cm³/mol. The molecule has 1 aliphatic heterocycles. The molecule has 28 heavy (non-hydrogen) atoms. The molecule has 1 heterocycles. The van der Waals surface area contributed by atoms with E-state index in [0.717, 1.165) is 5.56 Å². The Morgan fingerprint density at radius 1 is 1.11 bits per heavy atom. The molecule has 2 N–H and O–H groups in total. The van der Waals surface area contributed by atoms with E-state index >= 15 is 0 Å². The normalized spacial score (nSPS) is 16.5. The highest BCUT2D eigenvalue weighted by Crippen LogP contribution is 2.29. The van der Waals surface area contributed by atoms with Crippen molar-refractivity contribution >= 4 is 23.5 Å². The van der Waals surface area contributed by atoms with Crippen LogP contribution in [0.2, 0.25) is 0 Å². The van der Waals surface area contributed by atoms with Crippen molar-refractivity contribution in [1.82, 2.24) is 4.90 Å². The quantitative estimate of drug-likeness (QED) is 0.795. The molecule has 2 aromatic carbocycles. The number of carbonyl (C=O) groups excluding carboxylic acids is 1. The van der Waals surface area contributed by atoms with Crippen LogP contribution >= 0.6 is 0 Å². The number of carbonyl (C=O) groups is 3. The summed E-state index contributed by atoms with van der Waals surface area (Å²) < 4.78 is 0. The van der Waals surface area contributed by atoms with Crippen LogP contribution in [0.5, 0.6) is 0 Å². The molecule has 7 heteroatoms. The van der Waals surface area contributed by atoms with Gasteiger partial charge < -0.3 is 20.0 Å². The topological polar surface area (TPSA) is 98.2 Å². The van der Waals surface area contributed by atoms with E-state index in [1.54, 1.807) is 29.0 Å². The third-order valence-corrected chi connectivity index (χ3v) is 5.01. The second kappa shape index (κ2) is 8.12. The van der Waals surface area contributed by atoms with Crippen molar-refractivity contribution in [1.29, 1.82) is 0 Å². The van der Waals surface area contributed by atoms with Gasteiger partial charge in [-0.1, -0.05) is 30.3 Å². The van der Waals surface area contributed by atoms with E-state index in [4.69, 9.17) is 0 Å². The molecule has 2 aromatic rings. The van der Waals surface area contributed by atoms with Crippen molar-refractivity contribution < 1.29 is 24.6 Å². The van der Waals surface area contributed by atoms with Gasteiger partial charge in [-0.2, -0.15) is 0 Å². The molecule has 0 aromatic heterocycles. The highest BCUT2D eigenvalue weighted by molar-refractivity contribution is 5.92. The van der Waals surface area contributed by atoms with Gasteiger partial charge in [-0.15, -0.1) is 0 Å². The number of fused-ring (bicyclic) bond motifs is 1. The van der Waals surface area contributed by atoms with Crippen LogP contribution in [0.4, 0.5) is 5.69 Å². The predicted octanol–water partition coefficient (Wildman–Crippen LogP) is 2.25. The Balaban J connectivity index is 1.94. The van der Waals surface area contributed by atoms with Gasteiger partial charge in [0, 0.05) is 25.8 Å². The summed E-state index contributed by atoms with van der Waals surface area (Å²) in [5.74, 6) is -2.37. The molecule has 0 unspecified atom stereocenters. The van der Waals surface area contributed by atoms with Crippen LogP contribution < -0.4 is 4.90 Å². The second-order valence-electron chi connectivity index (χ2n) is 6.87. The van der Waals surface area contributed by atoms with Crippen molar-refractivity contribution in [2.24, 2.45) is 0 Å². The largest absolute Gasteiger partial charge is 0.481 e. The SMILES string of the molecule is CN1c2ccc(C(=O)O)cc2CN(CCc2ccccc2)C(=O)[C@H]1CC(=O)O. The van der Waals surface area contributed by atoms with E-state index in [0.29, 0.717) is 24.2 Å². The van der Waals surface area contributed by atoms with Crippen molar-refractivity contribution in [3.05, 3.63) is 65.2 Å². The number of rotatable bonds is 6. The van der Waals surface area contributed by atoms with Crippen molar-refractivity contribution in [3.8, 4) is 0 Å². The first-order valence-corrected chi connectivity index (χ1v) is 9.00. The van der Waals surface area contributed by atoms with Gasteiger partial charge in [0.25, 0.3) is 0 Å². The van der Waals surface area contributed by atoms with E-state index in [-0.39, 0.29) is 24.4 Å². The van der Waals surface area contributed by atoms with Crippen LogP contribution in [-0.4, -0.2) is 52.6 Å². The first kappa shape index (κ1) is 19.4. The van der Waals surface area contributed by atoms with E-state index in [2.05, 4.69) is 0 Å². The zero-order valence-corrected chi connectivity index (χ0v) is 15.5. The van der Waals surface area contributed by atoms with Crippen LogP contribution in [0, 0.1) is 0 Å². The number of nitrogens with zero attached hydrogens (tertiary/aromatic N) is 2. The van der Waals surface area contributed by atoms with Gasteiger partial charge >= 0.3 is 11.9 Å². The van der Waals surface area contributed by atoms with Crippen LogP contribution in [0.25, 0.3) is 0 Å². The Hall–Kier alpha value is -3.35. The number of aliphatic carboxylic acids is 1. The molecule has 7 nitrogen and oxygen atoms in total. The molecule has 1 atom stereocenters. The molecule has 0 aliphatic carbocycles. The fourth-order valence-corrected chi connectivity index (χ4v) is 3.50. The number of amides is 1. The molecule has 0 saturated carbocycles. The highest BCUT2D eigenvalue weighted by atomic mass is 16.4. The Bertz CT molecular complexity index is 897. The summed E-state index contributed by atoms with van der Waals surface area (Å²) in [5, 5.41) is 18.6. The molecule has 0 bridgehead atoms. The lowest BCUT2D eigenvalue weighted by molar-refractivity contribution is -0.142. The molecule has 0 fully saturated rings. The summed E-state index contributed by atoms with van der Waals surface area (Å²) in [4.78, 5) is 39.0. The van der Waals surface area contributed by atoms with Crippen molar-refractivity contribution in [3.63, 3.8) is 0 Å². The average Bonchev–Trinajstić information content (AvgIpc) is 2.77. The molecule has 146 valence electrons. The van der Waals surface area contributed by atoms with Gasteiger partial charge in [0.05, 0.1) is 12.0 Å². The first-order chi connectivity index (χ1) is 13.4. The van der Waals surface area contributed by atoms with Gasteiger partial charge in [0.1, 0.15) is 6.04 Å². The molecule has 0 saturated heterocycles. The number of aromatic carboxylic acids is 1. The number of benzene rings is 2. The molecule has 1 amide bonds. The molecule has 0 radical (unpaired) electrons. The Labute approximate surface area is 162 Å². The smallest absolute Gasteiger partial charge is 0.335 e. The average molecular weight is 382 g/mol.